The van der Waals surface area contributed by atoms with Gasteiger partial charge in [-0.1, -0.05) is 0 Å². The van der Waals surface area contributed by atoms with Crippen LogP contribution in [0.15, 0.2) is 30.3 Å². The predicted octanol–water partition coefficient (Wildman–Crippen LogP) is 7.17. The van der Waals surface area contributed by atoms with Crippen molar-refractivity contribution < 1.29 is 0 Å². The summed E-state index contributed by atoms with van der Waals surface area (Å²) in [6, 6.07) is 11.0. The minimum absolute atomic E-state index is 1.26. The molecule has 1 heterocycles. The molecule has 138 valence electrons. The molecule has 0 saturated carbocycles. The van der Waals surface area contributed by atoms with Gasteiger partial charge in [0.1, 0.15) is 0 Å². The molecular weight excluding hydrogens is 429 g/mol. The van der Waals surface area contributed by atoms with Gasteiger partial charge in [0.2, 0.25) is 0 Å². The van der Waals surface area contributed by atoms with E-state index in [2.05, 4.69) is 58.0 Å². The zero-order chi connectivity index (χ0) is 18.1. The van der Waals surface area contributed by atoms with Gasteiger partial charge in [-0.05, 0) is 0 Å². The molecule has 0 amide bonds. The SMILES string of the molecule is CCC[CH2][Sn]([CH2]CCC)([CH2]CCC)[c]1sc(C)nc1-c1ccccc1. The number of thiazole rings is 1. The van der Waals surface area contributed by atoms with E-state index in [1.54, 1.807) is 2.89 Å². The summed E-state index contributed by atoms with van der Waals surface area (Å²) >= 11 is -0.359. The van der Waals surface area contributed by atoms with Crippen LogP contribution in [-0.4, -0.2) is 23.4 Å². The van der Waals surface area contributed by atoms with Crippen molar-refractivity contribution >= 4 is 32.6 Å². The third-order valence-corrected chi connectivity index (χ3v) is 24.5. The van der Waals surface area contributed by atoms with Gasteiger partial charge in [-0.25, -0.2) is 0 Å². The first-order valence-electron chi connectivity index (χ1n) is 10.2. The van der Waals surface area contributed by atoms with Crippen molar-refractivity contribution in [3.63, 3.8) is 0 Å². The molecule has 0 aliphatic carbocycles. The molecule has 1 aromatic carbocycles. The maximum absolute atomic E-state index is 5.04. The summed E-state index contributed by atoms with van der Waals surface area (Å²) in [4.78, 5) is 5.04. The third kappa shape index (κ3) is 5.56. The van der Waals surface area contributed by atoms with Crippen molar-refractivity contribution in [3.8, 4) is 11.3 Å². The van der Waals surface area contributed by atoms with Crippen molar-refractivity contribution in [2.24, 2.45) is 0 Å². The fourth-order valence-electron chi connectivity index (χ4n) is 3.84. The Balaban J connectivity index is 2.51. The average molecular weight is 464 g/mol. The van der Waals surface area contributed by atoms with E-state index < -0.39 is 18.4 Å². The van der Waals surface area contributed by atoms with Crippen LogP contribution >= 0.6 is 11.3 Å². The number of unbranched alkanes of at least 4 members (excludes halogenated alkanes) is 3. The van der Waals surface area contributed by atoms with Crippen LogP contribution in [0.1, 0.15) is 64.3 Å². The summed E-state index contributed by atoms with van der Waals surface area (Å²) in [7, 11) is 0. The number of benzene rings is 1. The summed E-state index contributed by atoms with van der Waals surface area (Å²) in [5.74, 6) is 0. The van der Waals surface area contributed by atoms with Crippen LogP contribution in [0.3, 0.4) is 0 Å². The average Bonchev–Trinajstić information content (AvgIpc) is 3.04. The topological polar surface area (TPSA) is 12.9 Å². The first-order valence-corrected chi connectivity index (χ1v) is 18.5. The van der Waals surface area contributed by atoms with Gasteiger partial charge in [0.05, 0.1) is 0 Å². The molecular formula is C22H35NSSn. The van der Waals surface area contributed by atoms with Gasteiger partial charge in [-0.2, -0.15) is 0 Å². The molecule has 1 aromatic heterocycles. The maximum atomic E-state index is 5.04. The van der Waals surface area contributed by atoms with E-state index in [0.717, 1.165) is 0 Å². The summed E-state index contributed by atoms with van der Waals surface area (Å²) in [6.45, 7) is 9.27. The van der Waals surface area contributed by atoms with Crippen molar-refractivity contribution in [1.82, 2.24) is 4.98 Å². The molecule has 0 N–H and O–H groups in total. The van der Waals surface area contributed by atoms with Crippen molar-refractivity contribution in [3.05, 3.63) is 35.3 Å². The van der Waals surface area contributed by atoms with E-state index in [1.807, 2.05) is 11.3 Å². The molecule has 0 spiro atoms. The van der Waals surface area contributed by atoms with Crippen LogP contribution in [0.2, 0.25) is 13.3 Å². The number of aromatic nitrogens is 1. The molecule has 0 aliphatic rings. The van der Waals surface area contributed by atoms with Crippen molar-refractivity contribution in [2.45, 2.75) is 79.5 Å². The minimum atomic E-state index is -2.41. The molecule has 0 atom stereocenters. The molecule has 0 saturated heterocycles. The van der Waals surface area contributed by atoms with E-state index in [1.165, 1.54) is 68.1 Å². The zero-order valence-corrected chi connectivity index (χ0v) is 20.3. The van der Waals surface area contributed by atoms with Crippen molar-refractivity contribution in [2.75, 3.05) is 0 Å². The second-order valence-electron chi connectivity index (χ2n) is 7.37. The van der Waals surface area contributed by atoms with E-state index >= 15 is 0 Å². The Kier molecular flexibility index (Phi) is 8.98. The standard InChI is InChI=1S/C10H8NS.3C4H9.Sn/c1-8-11-10(7-12-8)9-5-3-2-4-6-9;3*1-3-4-2;/h2-6H,1H3;3*1,3-4H2,2H3;. The Morgan fingerprint density at radius 1 is 0.840 bits per heavy atom. The molecule has 1 nitrogen and oxygen atoms in total. The molecule has 25 heavy (non-hydrogen) atoms. The summed E-state index contributed by atoms with van der Waals surface area (Å²) in [5.41, 5.74) is 2.69. The van der Waals surface area contributed by atoms with E-state index in [0.29, 0.717) is 0 Å². The molecule has 2 aromatic rings. The molecule has 0 radical (unpaired) electrons. The Labute approximate surface area is 163 Å². The van der Waals surface area contributed by atoms with Gasteiger partial charge >= 0.3 is 164 Å². The van der Waals surface area contributed by atoms with Crippen LogP contribution in [-0.2, 0) is 0 Å². The fraction of sp³-hybridized carbons (Fsp3) is 0.591. The molecule has 2 rings (SSSR count). The predicted molar refractivity (Wildman–Crippen MR) is 117 cm³/mol. The van der Waals surface area contributed by atoms with Crippen molar-refractivity contribution in [1.29, 1.82) is 0 Å². The zero-order valence-electron chi connectivity index (χ0n) is 16.6. The second-order valence-corrected chi connectivity index (χ2v) is 22.6. The second kappa shape index (κ2) is 10.7. The van der Waals surface area contributed by atoms with E-state index in [4.69, 9.17) is 4.98 Å². The van der Waals surface area contributed by atoms with Gasteiger partial charge in [0.15, 0.2) is 0 Å². The Morgan fingerprint density at radius 2 is 1.36 bits per heavy atom. The first kappa shape index (κ1) is 21.0. The number of hydrogen-bond acceptors (Lipinski definition) is 2. The molecule has 3 heteroatoms. The fourth-order valence-corrected chi connectivity index (χ4v) is 24.8. The normalized spacial score (nSPS) is 11.8. The molecule has 0 unspecified atom stereocenters. The summed E-state index contributed by atoms with van der Waals surface area (Å²) < 4.78 is 6.33. The summed E-state index contributed by atoms with van der Waals surface area (Å²) in [5, 5.41) is 1.26. The molecule has 0 fully saturated rings. The quantitative estimate of drug-likeness (QED) is 0.321. The van der Waals surface area contributed by atoms with Gasteiger partial charge in [-0.15, -0.1) is 0 Å². The van der Waals surface area contributed by atoms with Gasteiger partial charge in [0, 0.05) is 0 Å². The molecule has 0 bridgehead atoms. The van der Waals surface area contributed by atoms with Crippen LogP contribution in [0, 0.1) is 6.92 Å². The van der Waals surface area contributed by atoms with Crippen LogP contribution < -0.4 is 2.89 Å². The van der Waals surface area contributed by atoms with Crippen LogP contribution in [0.5, 0.6) is 0 Å². The Bertz CT molecular complexity index is 598. The number of nitrogens with zero attached hydrogens (tertiary/aromatic N) is 1. The van der Waals surface area contributed by atoms with Gasteiger partial charge in [-0.3, -0.25) is 0 Å². The molecule has 0 aliphatic heterocycles. The third-order valence-electron chi connectivity index (χ3n) is 5.29. The first-order chi connectivity index (χ1) is 12.2. The number of hydrogen-bond donors (Lipinski definition) is 0. The monoisotopic (exact) mass is 465 g/mol. The summed E-state index contributed by atoms with van der Waals surface area (Å²) in [6.07, 6.45) is 8.22. The number of aryl methyl sites for hydroxylation is 1. The Morgan fingerprint density at radius 3 is 1.84 bits per heavy atom. The van der Waals surface area contributed by atoms with Crippen LogP contribution in [0.4, 0.5) is 0 Å². The van der Waals surface area contributed by atoms with E-state index in [9.17, 15) is 0 Å². The van der Waals surface area contributed by atoms with Crippen LogP contribution in [0.25, 0.3) is 11.3 Å². The van der Waals surface area contributed by atoms with Gasteiger partial charge < -0.3 is 0 Å². The Hall–Kier alpha value is -0.351. The number of rotatable bonds is 11. The van der Waals surface area contributed by atoms with Gasteiger partial charge in [0.25, 0.3) is 0 Å². The van der Waals surface area contributed by atoms with E-state index in [-0.39, 0.29) is 0 Å².